The van der Waals surface area contributed by atoms with Gasteiger partial charge < -0.3 is 5.11 Å². The molecule has 0 radical (unpaired) electrons. The lowest BCUT2D eigenvalue weighted by atomic mass is 10.2. The third kappa shape index (κ3) is 2.12. The van der Waals surface area contributed by atoms with Crippen LogP contribution in [0.25, 0.3) is 10.1 Å². The average Bonchev–Trinajstić information content (AvgIpc) is 2.93. The van der Waals surface area contributed by atoms with Gasteiger partial charge >= 0.3 is 0 Å². The molecule has 5 heteroatoms. The zero-order valence-corrected chi connectivity index (χ0v) is 12.3. The Hall–Kier alpha value is -0.750. The quantitative estimate of drug-likeness (QED) is 0.698. The van der Waals surface area contributed by atoms with Gasteiger partial charge in [-0.2, -0.15) is 0 Å². The van der Waals surface area contributed by atoms with Gasteiger partial charge in [0.25, 0.3) is 0 Å². The number of rotatable bonds is 2. The molecule has 2 aromatic heterocycles. The summed E-state index contributed by atoms with van der Waals surface area (Å²) in [6.45, 7) is 0. The monoisotopic (exact) mass is 342 g/mol. The van der Waals surface area contributed by atoms with E-state index in [1.54, 1.807) is 6.07 Å². The van der Waals surface area contributed by atoms with Crippen LogP contribution in [-0.2, 0) is 0 Å². The second kappa shape index (κ2) is 4.74. The van der Waals surface area contributed by atoms with Gasteiger partial charge in [-0.05, 0) is 51.0 Å². The van der Waals surface area contributed by atoms with Crippen molar-refractivity contribution in [2.45, 2.75) is 6.10 Å². The minimum atomic E-state index is -0.653. The van der Waals surface area contributed by atoms with Crippen LogP contribution >= 0.6 is 38.6 Å². The molecule has 1 unspecified atom stereocenters. The Labute approximate surface area is 120 Å². The lowest BCUT2D eigenvalue weighted by Gasteiger charge is -2.06. The molecular weight excluding hydrogens is 335 g/mol. The molecule has 0 aliphatic carbocycles. The maximum Gasteiger partial charge on any atom is 0.124 e. The van der Waals surface area contributed by atoms with Crippen LogP contribution in [0.2, 0.25) is 0 Å². The van der Waals surface area contributed by atoms with E-state index in [9.17, 15) is 9.50 Å². The highest BCUT2D eigenvalue weighted by Gasteiger charge is 2.17. The van der Waals surface area contributed by atoms with Crippen LogP contribution in [-0.4, -0.2) is 5.11 Å². The molecule has 0 saturated heterocycles. The molecule has 1 nitrogen and oxygen atoms in total. The third-order valence-corrected chi connectivity index (χ3v) is 5.74. The minimum Gasteiger partial charge on any atom is -0.382 e. The Kier molecular flexibility index (Phi) is 3.23. The van der Waals surface area contributed by atoms with Crippen molar-refractivity contribution in [1.29, 1.82) is 0 Å². The average molecular weight is 343 g/mol. The fourth-order valence-corrected chi connectivity index (χ4v) is 4.54. The van der Waals surface area contributed by atoms with E-state index < -0.39 is 6.10 Å². The fourth-order valence-electron chi connectivity index (χ4n) is 1.79. The minimum absolute atomic E-state index is 0.248. The molecule has 3 aromatic rings. The number of halogens is 2. The van der Waals surface area contributed by atoms with Crippen LogP contribution < -0.4 is 0 Å². The van der Waals surface area contributed by atoms with Gasteiger partial charge in [0.2, 0.25) is 0 Å². The lowest BCUT2D eigenvalue weighted by Crippen LogP contribution is -1.93. The maximum absolute atomic E-state index is 13.1. The summed E-state index contributed by atoms with van der Waals surface area (Å²) in [4.78, 5) is 1.71. The normalized spacial score (nSPS) is 13.1. The van der Waals surface area contributed by atoms with Crippen molar-refractivity contribution in [3.8, 4) is 0 Å². The molecule has 0 saturated carbocycles. The number of thiophene rings is 2. The lowest BCUT2D eigenvalue weighted by molar-refractivity contribution is 0.227. The Balaban J connectivity index is 2.07. The molecule has 0 aliphatic heterocycles. The maximum atomic E-state index is 13.1. The van der Waals surface area contributed by atoms with Crippen LogP contribution in [0.4, 0.5) is 4.39 Å². The van der Waals surface area contributed by atoms with E-state index in [0.29, 0.717) is 0 Å². The molecule has 1 atom stereocenters. The smallest absolute Gasteiger partial charge is 0.124 e. The van der Waals surface area contributed by atoms with Crippen molar-refractivity contribution >= 4 is 48.7 Å². The summed E-state index contributed by atoms with van der Waals surface area (Å²) < 4.78 is 14.9. The predicted octanol–water partition coefficient (Wildman–Crippen LogP) is 4.95. The fraction of sp³-hybridized carbons (Fsp3) is 0.0769. The van der Waals surface area contributed by atoms with E-state index in [0.717, 1.165) is 24.3 Å². The van der Waals surface area contributed by atoms with E-state index in [1.807, 2.05) is 17.5 Å². The van der Waals surface area contributed by atoms with Crippen molar-refractivity contribution < 1.29 is 9.50 Å². The van der Waals surface area contributed by atoms with E-state index in [4.69, 9.17) is 0 Å². The molecule has 0 spiro atoms. The first-order valence-electron chi connectivity index (χ1n) is 5.25. The molecular formula is C13H8BrFOS2. The molecule has 0 amide bonds. The summed E-state index contributed by atoms with van der Waals surface area (Å²) in [6, 6.07) is 8.50. The van der Waals surface area contributed by atoms with Gasteiger partial charge in [0.15, 0.2) is 0 Å². The first kappa shape index (κ1) is 12.3. The summed E-state index contributed by atoms with van der Waals surface area (Å²) >= 11 is 6.34. The van der Waals surface area contributed by atoms with E-state index >= 15 is 0 Å². The molecule has 0 aliphatic rings. The molecule has 1 N–H and O–H groups in total. The summed E-state index contributed by atoms with van der Waals surface area (Å²) in [5.74, 6) is -0.248. The van der Waals surface area contributed by atoms with Crippen LogP contribution in [0.5, 0.6) is 0 Å². The molecule has 1 aromatic carbocycles. The number of hydrogen-bond donors (Lipinski definition) is 1. The number of aliphatic hydroxyl groups is 1. The highest BCUT2D eigenvalue weighted by atomic mass is 79.9. The van der Waals surface area contributed by atoms with Gasteiger partial charge in [-0.25, -0.2) is 4.39 Å². The van der Waals surface area contributed by atoms with E-state index in [1.165, 1.54) is 34.8 Å². The second-order valence-electron chi connectivity index (χ2n) is 3.87. The van der Waals surface area contributed by atoms with E-state index in [2.05, 4.69) is 15.9 Å². The Morgan fingerprint density at radius 3 is 2.78 bits per heavy atom. The number of aliphatic hydroxyl groups excluding tert-OH is 1. The van der Waals surface area contributed by atoms with E-state index in [-0.39, 0.29) is 5.82 Å². The molecule has 0 bridgehead atoms. The summed E-state index contributed by atoms with van der Waals surface area (Å²) in [6.07, 6.45) is -0.653. The molecule has 2 heterocycles. The number of hydrogen-bond acceptors (Lipinski definition) is 3. The van der Waals surface area contributed by atoms with Crippen molar-refractivity contribution in [3.05, 3.63) is 55.8 Å². The number of fused-ring (bicyclic) bond motifs is 1. The van der Waals surface area contributed by atoms with Gasteiger partial charge in [0.1, 0.15) is 11.9 Å². The molecule has 3 rings (SSSR count). The zero-order chi connectivity index (χ0) is 12.7. The SMILES string of the molecule is OC(c1cc2ccc(F)cc2s1)c1sccc1Br. The van der Waals surface area contributed by atoms with Gasteiger partial charge in [0, 0.05) is 14.0 Å². The van der Waals surface area contributed by atoms with Gasteiger partial charge in [-0.1, -0.05) is 6.07 Å². The summed E-state index contributed by atoms with van der Waals surface area (Å²) in [7, 11) is 0. The first-order chi connectivity index (χ1) is 8.65. The summed E-state index contributed by atoms with van der Waals surface area (Å²) in [5, 5.41) is 13.2. The van der Waals surface area contributed by atoms with Crippen LogP contribution in [0.3, 0.4) is 0 Å². The molecule has 18 heavy (non-hydrogen) atoms. The standard InChI is InChI=1S/C13H8BrFOS2/c14-9-3-4-17-13(9)12(16)11-5-7-1-2-8(15)6-10(7)18-11/h1-6,12,16H. The Morgan fingerprint density at radius 2 is 2.06 bits per heavy atom. The van der Waals surface area contributed by atoms with Crippen molar-refractivity contribution in [2.75, 3.05) is 0 Å². The highest BCUT2D eigenvalue weighted by molar-refractivity contribution is 9.10. The van der Waals surface area contributed by atoms with Crippen LogP contribution in [0.1, 0.15) is 15.9 Å². The Morgan fingerprint density at radius 1 is 1.22 bits per heavy atom. The van der Waals surface area contributed by atoms with Gasteiger partial charge in [-0.3, -0.25) is 0 Å². The summed E-state index contributed by atoms with van der Waals surface area (Å²) in [5.41, 5.74) is 0. The highest BCUT2D eigenvalue weighted by Crippen LogP contribution is 2.38. The second-order valence-corrected chi connectivity index (χ2v) is 6.78. The molecule has 92 valence electrons. The predicted molar refractivity (Wildman–Crippen MR) is 77.9 cm³/mol. The van der Waals surface area contributed by atoms with Gasteiger partial charge in [-0.15, -0.1) is 22.7 Å². The number of benzene rings is 1. The van der Waals surface area contributed by atoms with Gasteiger partial charge in [0.05, 0.1) is 4.88 Å². The zero-order valence-electron chi connectivity index (χ0n) is 9.06. The Bertz CT molecular complexity index is 704. The van der Waals surface area contributed by atoms with Crippen LogP contribution in [0.15, 0.2) is 40.2 Å². The first-order valence-corrected chi connectivity index (χ1v) is 7.74. The van der Waals surface area contributed by atoms with Crippen molar-refractivity contribution in [2.24, 2.45) is 0 Å². The topological polar surface area (TPSA) is 20.2 Å². The van der Waals surface area contributed by atoms with Crippen molar-refractivity contribution in [3.63, 3.8) is 0 Å². The largest absolute Gasteiger partial charge is 0.382 e. The molecule has 0 fully saturated rings. The van der Waals surface area contributed by atoms with Crippen molar-refractivity contribution in [1.82, 2.24) is 0 Å². The third-order valence-electron chi connectivity index (χ3n) is 2.66. The van der Waals surface area contributed by atoms with Crippen LogP contribution in [0, 0.1) is 5.82 Å².